The van der Waals surface area contributed by atoms with Crippen molar-refractivity contribution in [2.24, 2.45) is 0 Å². The Hall–Kier alpha value is -2.63. The molecule has 0 saturated carbocycles. The number of rotatable bonds is 4. The van der Waals surface area contributed by atoms with Crippen molar-refractivity contribution in [3.63, 3.8) is 0 Å². The van der Waals surface area contributed by atoms with Gasteiger partial charge in [0.2, 0.25) is 0 Å². The van der Waals surface area contributed by atoms with E-state index in [1.807, 2.05) is 6.07 Å². The molecule has 2 N–H and O–H groups in total. The first-order valence-electron chi connectivity index (χ1n) is 8.12. The first kappa shape index (κ1) is 18.2. The molecule has 0 atom stereocenters. The molecule has 26 heavy (non-hydrogen) atoms. The van der Waals surface area contributed by atoms with Gasteiger partial charge in [0.15, 0.2) is 0 Å². The predicted molar refractivity (Wildman–Crippen MR) is 111 cm³/mol. The lowest BCUT2D eigenvalue weighted by Gasteiger charge is -2.09. The van der Waals surface area contributed by atoms with Crippen molar-refractivity contribution >= 4 is 45.5 Å². The van der Waals surface area contributed by atoms with Gasteiger partial charge in [-0.3, -0.25) is 0 Å². The fourth-order valence-corrected chi connectivity index (χ4v) is 3.74. The van der Waals surface area contributed by atoms with Gasteiger partial charge in [0.25, 0.3) is 0 Å². The highest BCUT2D eigenvalue weighted by atomic mass is 35.5. The van der Waals surface area contributed by atoms with Crippen molar-refractivity contribution in [1.82, 2.24) is 9.97 Å². The number of nitrogens with one attached hydrogen (secondary N) is 1. The molecule has 0 aliphatic carbocycles. The third kappa shape index (κ3) is 3.49. The largest absolute Gasteiger partial charge is 0.508 e. The molecule has 0 amide bonds. The number of benzene rings is 2. The Bertz CT molecular complexity index is 1030. The minimum atomic E-state index is 0. The number of phenolic OH excluding ortho intramolecular Hbond substituents is 1. The van der Waals surface area contributed by atoms with Crippen molar-refractivity contribution in [2.45, 2.75) is 13.3 Å². The first-order chi connectivity index (χ1) is 12.2. The van der Waals surface area contributed by atoms with E-state index in [4.69, 9.17) is 0 Å². The molecule has 0 fully saturated rings. The van der Waals surface area contributed by atoms with E-state index in [-0.39, 0.29) is 18.2 Å². The summed E-state index contributed by atoms with van der Waals surface area (Å²) in [6, 6.07) is 15.6. The summed E-state index contributed by atoms with van der Waals surface area (Å²) >= 11 is 1.61. The normalized spacial score (nSPS) is 10.5. The van der Waals surface area contributed by atoms with Gasteiger partial charge in [0, 0.05) is 22.7 Å². The molecule has 0 unspecified atom stereocenters. The van der Waals surface area contributed by atoms with E-state index in [9.17, 15) is 5.11 Å². The molecule has 6 heteroatoms. The van der Waals surface area contributed by atoms with Crippen LogP contribution < -0.4 is 5.32 Å². The topological polar surface area (TPSA) is 58.0 Å². The van der Waals surface area contributed by atoms with Gasteiger partial charge in [-0.25, -0.2) is 9.97 Å². The maximum absolute atomic E-state index is 9.68. The highest BCUT2D eigenvalue weighted by molar-refractivity contribution is 7.17. The number of aryl methyl sites for hydroxylation is 1. The summed E-state index contributed by atoms with van der Waals surface area (Å²) in [6.07, 6.45) is 2.59. The molecule has 2 heterocycles. The van der Waals surface area contributed by atoms with Gasteiger partial charge < -0.3 is 10.4 Å². The molecular weight excluding hydrogens is 366 g/mol. The lowest BCUT2D eigenvalue weighted by Crippen LogP contribution is -1.95. The molecule has 0 radical (unpaired) electrons. The Morgan fingerprint density at radius 1 is 1.08 bits per heavy atom. The minimum Gasteiger partial charge on any atom is -0.508 e. The summed E-state index contributed by atoms with van der Waals surface area (Å²) in [4.78, 5) is 9.76. The molecule has 2 aromatic carbocycles. The second-order valence-corrected chi connectivity index (χ2v) is 6.64. The van der Waals surface area contributed by atoms with Gasteiger partial charge in [0.05, 0.1) is 5.39 Å². The van der Waals surface area contributed by atoms with E-state index in [1.165, 1.54) is 5.56 Å². The summed E-state index contributed by atoms with van der Waals surface area (Å²) in [7, 11) is 0. The Labute approximate surface area is 162 Å². The summed E-state index contributed by atoms with van der Waals surface area (Å²) in [5, 5.41) is 16.1. The number of halogens is 1. The Morgan fingerprint density at radius 3 is 2.62 bits per heavy atom. The third-order valence-electron chi connectivity index (χ3n) is 4.15. The Balaban J connectivity index is 0.00000196. The number of fused-ring (bicyclic) bond motifs is 1. The molecule has 0 aliphatic heterocycles. The van der Waals surface area contributed by atoms with Crippen molar-refractivity contribution in [3.05, 3.63) is 65.8 Å². The number of hydrogen-bond acceptors (Lipinski definition) is 5. The van der Waals surface area contributed by atoms with E-state index in [0.29, 0.717) is 0 Å². The van der Waals surface area contributed by atoms with Crippen LogP contribution in [0.15, 0.2) is 60.2 Å². The van der Waals surface area contributed by atoms with E-state index >= 15 is 0 Å². The number of aromatic nitrogens is 2. The smallest absolute Gasteiger partial charge is 0.143 e. The van der Waals surface area contributed by atoms with Crippen LogP contribution in [0.4, 0.5) is 11.5 Å². The molecular formula is C20H18ClN3OS. The zero-order valence-electron chi connectivity index (χ0n) is 14.1. The zero-order chi connectivity index (χ0) is 17.2. The van der Waals surface area contributed by atoms with Crippen LogP contribution in [0.3, 0.4) is 0 Å². The van der Waals surface area contributed by atoms with E-state index in [2.05, 4.69) is 51.9 Å². The van der Waals surface area contributed by atoms with Crippen LogP contribution in [0, 0.1) is 0 Å². The summed E-state index contributed by atoms with van der Waals surface area (Å²) < 4.78 is 0. The number of aromatic hydroxyl groups is 1. The van der Waals surface area contributed by atoms with Crippen molar-refractivity contribution in [1.29, 1.82) is 0 Å². The minimum absolute atomic E-state index is 0. The summed E-state index contributed by atoms with van der Waals surface area (Å²) in [5.74, 6) is 0.961. The number of phenols is 1. The van der Waals surface area contributed by atoms with Gasteiger partial charge in [-0.05, 0) is 29.7 Å². The SMILES string of the molecule is CCc1ccc(-c2csc3ncnc(Nc4cccc(O)c4)c23)cc1.Cl. The maximum atomic E-state index is 9.68. The molecule has 0 aliphatic rings. The van der Waals surface area contributed by atoms with Crippen molar-refractivity contribution in [3.8, 4) is 16.9 Å². The second-order valence-electron chi connectivity index (χ2n) is 5.78. The fraction of sp³-hybridized carbons (Fsp3) is 0.100. The van der Waals surface area contributed by atoms with Crippen molar-refractivity contribution < 1.29 is 5.11 Å². The van der Waals surface area contributed by atoms with Gasteiger partial charge >= 0.3 is 0 Å². The van der Waals surface area contributed by atoms with Gasteiger partial charge in [-0.1, -0.05) is 37.3 Å². The van der Waals surface area contributed by atoms with Crippen LogP contribution in [0.5, 0.6) is 5.75 Å². The third-order valence-corrected chi connectivity index (χ3v) is 5.04. The number of anilines is 2. The predicted octanol–water partition coefficient (Wildman–Crippen LogP) is 5.79. The summed E-state index contributed by atoms with van der Waals surface area (Å²) in [6.45, 7) is 2.15. The highest BCUT2D eigenvalue weighted by Crippen LogP contribution is 2.37. The Morgan fingerprint density at radius 2 is 1.88 bits per heavy atom. The molecule has 4 aromatic rings. The molecule has 0 spiro atoms. The van der Waals surface area contributed by atoms with E-state index in [1.54, 1.807) is 35.9 Å². The maximum Gasteiger partial charge on any atom is 0.143 e. The lowest BCUT2D eigenvalue weighted by molar-refractivity contribution is 0.475. The first-order valence-corrected chi connectivity index (χ1v) is 9.00. The standard InChI is InChI=1S/C20H17N3OS.ClH/c1-2-13-6-8-14(9-7-13)17-11-25-20-18(17)19(21-12-22-20)23-15-4-3-5-16(24)10-15;/h3-12,24H,2H2,1H3,(H,21,22,23);1H. The van der Waals surface area contributed by atoms with Crippen LogP contribution >= 0.6 is 23.7 Å². The van der Waals surface area contributed by atoms with Crippen molar-refractivity contribution in [2.75, 3.05) is 5.32 Å². The number of thiophene rings is 1. The Kier molecular flexibility index (Phi) is 5.40. The molecule has 2 aromatic heterocycles. The van der Waals surface area contributed by atoms with Crippen LogP contribution in [0.2, 0.25) is 0 Å². The lowest BCUT2D eigenvalue weighted by atomic mass is 10.0. The molecule has 132 valence electrons. The second kappa shape index (κ2) is 7.72. The number of nitrogens with zero attached hydrogens (tertiary/aromatic N) is 2. The fourth-order valence-electron chi connectivity index (χ4n) is 2.82. The molecule has 4 rings (SSSR count). The molecule has 0 saturated heterocycles. The number of hydrogen-bond donors (Lipinski definition) is 2. The summed E-state index contributed by atoms with van der Waals surface area (Å²) in [5.41, 5.74) is 4.37. The van der Waals surface area contributed by atoms with Crippen LogP contribution in [0.1, 0.15) is 12.5 Å². The highest BCUT2D eigenvalue weighted by Gasteiger charge is 2.13. The van der Waals surface area contributed by atoms with Crippen LogP contribution in [0.25, 0.3) is 21.3 Å². The van der Waals surface area contributed by atoms with Crippen LogP contribution in [-0.4, -0.2) is 15.1 Å². The molecule has 4 nitrogen and oxygen atoms in total. The van der Waals surface area contributed by atoms with Gasteiger partial charge in [-0.15, -0.1) is 23.7 Å². The van der Waals surface area contributed by atoms with Gasteiger partial charge in [0.1, 0.15) is 22.7 Å². The average Bonchev–Trinajstić information content (AvgIpc) is 3.07. The van der Waals surface area contributed by atoms with Crippen LogP contribution in [-0.2, 0) is 6.42 Å². The van der Waals surface area contributed by atoms with E-state index < -0.39 is 0 Å². The average molecular weight is 384 g/mol. The van der Waals surface area contributed by atoms with E-state index in [0.717, 1.165) is 39.3 Å². The van der Waals surface area contributed by atoms with Gasteiger partial charge in [-0.2, -0.15) is 0 Å². The quantitative estimate of drug-likeness (QED) is 0.468. The monoisotopic (exact) mass is 383 g/mol. The zero-order valence-corrected chi connectivity index (χ0v) is 15.8. The molecule has 0 bridgehead atoms.